The molecule has 0 saturated carbocycles. The Labute approximate surface area is 209 Å². The highest BCUT2D eigenvalue weighted by molar-refractivity contribution is 6.10. The Balaban J connectivity index is 1.54. The lowest BCUT2D eigenvalue weighted by Gasteiger charge is -2.26. The standard InChI is InChI=1S/C29H28FN3O3/c1-35-23-11-7-21(8-12-23)27-19-26(29(34)31-13-14-33-15-17-36-18-16-33)25-4-2-3-24(28(25)32-27)20-5-9-22(30)10-6-20/h2-12,19H,13-18H2,1H3,(H,31,34). The van der Waals surface area contributed by atoms with Gasteiger partial charge in [0.1, 0.15) is 11.6 Å². The Morgan fingerprint density at radius 1 is 1.03 bits per heavy atom. The fourth-order valence-electron chi connectivity index (χ4n) is 4.46. The molecule has 36 heavy (non-hydrogen) atoms. The van der Waals surface area contributed by atoms with Gasteiger partial charge in [-0.25, -0.2) is 9.37 Å². The Hall–Kier alpha value is -3.81. The van der Waals surface area contributed by atoms with Gasteiger partial charge in [0, 0.05) is 42.7 Å². The maximum atomic E-state index is 13.6. The first kappa shape index (κ1) is 23.9. The smallest absolute Gasteiger partial charge is 0.252 e. The summed E-state index contributed by atoms with van der Waals surface area (Å²) in [7, 11) is 1.62. The summed E-state index contributed by atoms with van der Waals surface area (Å²) >= 11 is 0. The van der Waals surface area contributed by atoms with E-state index in [9.17, 15) is 9.18 Å². The van der Waals surface area contributed by atoms with Gasteiger partial charge < -0.3 is 14.8 Å². The molecular formula is C29H28FN3O3. The average Bonchev–Trinajstić information content (AvgIpc) is 2.93. The lowest BCUT2D eigenvalue weighted by molar-refractivity contribution is 0.0383. The quantitative estimate of drug-likeness (QED) is 0.408. The summed E-state index contributed by atoms with van der Waals surface area (Å²) in [6.07, 6.45) is 0. The summed E-state index contributed by atoms with van der Waals surface area (Å²) in [5.74, 6) is 0.292. The van der Waals surface area contributed by atoms with Gasteiger partial charge in [-0.1, -0.05) is 30.3 Å². The van der Waals surface area contributed by atoms with Crippen LogP contribution in [0.15, 0.2) is 72.8 Å². The average molecular weight is 486 g/mol. The second kappa shape index (κ2) is 10.8. The van der Waals surface area contributed by atoms with E-state index >= 15 is 0 Å². The van der Waals surface area contributed by atoms with E-state index in [0.717, 1.165) is 60.7 Å². The normalized spacial score (nSPS) is 14.1. The van der Waals surface area contributed by atoms with Gasteiger partial charge >= 0.3 is 0 Å². The lowest BCUT2D eigenvalue weighted by atomic mass is 9.97. The number of ether oxygens (including phenoxy) is 2. The molecule has 3 aromatic carbocycles. The van der Waals surface area contributed by atoms with Crippen molar-refractivity contribution in [2.45, 2.75) is 0 Å². The van der Waals surface area contributed by atoms with Crippen molar-refractivity contribution in [2.75, 3.05) is 46.5 Å². The number of halogens is 1. The number of morpholine rings is 1. The molecule has 1 aliphatic rings. The molecule has 5 rings (SSSR count). The van der Waals surface area contributed by atoms with Crippen molar-refractivity contribution >= 4 is 16.8 Å². The van der Waals surface area contributed by atoms with Crippen LogP contribution in [0.5, 0.6) is 5.75 Å². The summed E-state index contributed by atoms with van der Waals surface area (Å²) in [5, 5.41) is 3.83. The number of hydrogen-bond donors (Lipinski definition) is 1. The first-order valence-corrected chi connectivity index (χ1v) is 12.0. The molecule has 2 heterocycles. The summed E-state index contributed by atoms with van der Waals surface area (Å²) in [6.45, 7) is 4.50. The van der Waals surface area contributed by atoms with Crippen LogP contribution in [0.25, 0.3) is 33.3 Å². The SMILES string of the molecule is COc1ccc(-c2cc(C(=O)NCCN3CCOCC3)c3cccc(-c4ccc(F)cc4)c3n2)cc1. The number of para-hydroxylation sites is 1. The maximum Gasteiger partial charge on any atom is 0.252 e. The van der Waals surface area contributed by atoms with Crippen molar-refractivity contribution in [1.29, 1.82) is 0 Å². The van der Waals surface area contributed by atoms with Crippen LogP contribution in [0, 0.1) is 5.82 Å². The van der Waals surface area contributed by atoms with Crippen molar-refractivity contribution in [2.24, 2.45) is 0 Å². The van der Waals surface area contributed by atoms with Crippen LogP contribution in [0.2, 0.25) is 0 Å². The Morgan fingerprint density at radius 3 is 2.47 bits per heavy atom. The number of pyridine rings is 1. The zero-order valence-electron chi connectivity index (χ0n) is 20.2. The van der Waals surface area contributed by atoms with Crippen LogP contribution in [0.1, 0.15) is 10.4 Å². The molecule has 1 N–H and O–H groups in total. The summed E-state index contributed by atoms with van der Waals surface area (Å²) in [4.78, 5) is 20.7. The molecule has 7 heteroatoms. The summed E-state index contributed by atoms with van der Waals surface area (Å²) in [5.41, 5.74) is 4.46. The van der Waals surface area contributed by atoms with Crippen LogP contribution in [0.4, 0.5) is 4.39 Å². The van der Waals surface area contributed by atoms with E-state index in [-0.39, 0.29) is 11.7 Å². The van der Waals surface area contributed by atoms with Gasteiger partial charge in [-0.05, 0) is 48.0 Å². The number of rotatable bonds is 7. The highest BCUT2D eigenvalue weighted by atomic mass is 19.1. The molecule has 0 unspecified atom stereocenters. The molecule has 1 fully saturated rings. The molecule has 0 aliphatic carbocycles. The largest absolute Gasteiger partial charge is 0.497 e. The van der Waals surface area contributed by atoms with E-state index in [1.54, 1.807) is 19.2 Å². The topological polar surface area (TPSA) is 63.7 Å². The van der Waals surface area contributed by atoms with E-state index in [1.807, 2.05) is 48.5 Å². The number of nitrogens with one attached hydrogen (secondary N) is 1. The second-order valence-corrected chi connectivity index (χ2v) is 8.70. The fourth-order valence-corrected chi connectivity index (χ4v) is 4.46. The Morgan fingerprint density at radius 2 is 1.75 bits per heavy atom. The predicted molar refractivity (Wildman–Crippen MR) is 139 cm³/mol. The van der Waals surface area contributed by atoms with Gasteiger partial charge in [-0.2, -0.15) is 0 Å². The minimum absolute atomic E-state index is 0.151. The molecule has 0 spiro atoms. The molecule has 184 valence electrons. The minimum Gasteiger partial charge on any atom is -0.497 e. The number of carbonyl (C=O) groups is 1. The van der Waals surface area contributed by atoms with Crippen LogP contribution in [-0.4, -0.2) is 62.3 Å². The highest BCUT2D eigenvalue weighted by Crippen LogP contribution is 2.32. The first-order valence-electron chi connectivity index (χ1n) is 12.0. The number of methoxy groups -OCH3 is 1. The monoisotopic (exact) mass is 485 g/mol. The molecule has 0 radical (unpaired) electrons. The Bertz CT molecular complexity index is 1350. The number of hydrogen-bond acceptors (Lipinski definition) is 5. The third-order valence-corrected chi connectivity index (χ3v) is 6.44. The van der Waals surface area contributed by atoms with Crippen LogP contribution < -0.4 is 10.1 Å². The molecule has 1 amide bonds. The van der Waals surface area contributed by atoms with Gasteiger partial charge in [-0.15, -0.1) is 0 Å². The van der Waals surface area contributed by atoms with E-state index in [0.29, 0.717) is 23.3 Å². The number of benzene rings is 3. The number of fused-ring (bicyclic) bond motifs is 1. The molecule has 1 aromatic heterocycles. The first-order chi connectivity index (χ1) is 17.6. The van der Waals surface area contributed by atoms with E-state index in [1.165, 1.54) is 12.1 Å². The molecule has 6 nitrogen and oxygen atoms in total. The van der Waals surface area contributed by atoms with Gasteiger partial charge in [0.15, 0.2) is 0 Å². The van der Waals surface area contributed by atoms with Crippen molar-refractivity contribution in [3.63, 3.8) is 0 Å². The van der Waals surface area contributed by atoms with Crippen molar-refractivity contribution < 1.29 is 18.7 Å². The predicted octanol–water partition coefficient (Wildman–Crippen LogP) is 4.78. The summed E-state index contributed by atoms with van der Waals surface area (Å²) < 4.78 is 24.3. The fraction of sp³-hybridized carbons (Fsp3) is 0.241. The third kappa shape index (κ3) is 5.22. The molecule has 1 aliphatic heterocycles. The zero-order valence-corrected chi connectivity index (χ0v) is 20.2. The highest BCUT2D eigenvalue weighted by Gasteiger charge is 2.18. The molecule has 0 bridgehead atoms. The van der Waals surface area contributed by atoms with Crippen LogP contribution >= 0.6 is 0 Å². The van der Waals surface area contributed by atoms with Crippen LogP contribution in [-0.2, 0) is 4.74 Å². The van der Waals surface area contributed by atoms with Gasteiger partial charge in [0.25, 0.3) is 5.91 Å². The number of carbonyl (C=O) groups excluding carboxylic acids is 1. The number of nitrogens with zero attached hydrogens (tertiary/aromatic N) is 2. The van der Waals surface area contributed by atoms with E-state index in [4.69, 9.17) is 14.5 Å². The number of aromatic nitrogens is 1. The molecule has 1 saturated heterocycles. The summed E-state index contributed by atoms with van der Waals surface area (Å²) in [6, 6.07) is 21.5. The van der Waals surface area contributed by atoms with Gasteiger partial charge in [0.05, 0.1) is 37.1 Å². The minimum atomic E-state index is -0.300. The molecular weight excluding hydrogens is 457 g/mol. The maximum absolute atomic E-state index is 13.6. The van der Waals surface area contributed by atoms with Crippen molar-refractivity contribution in [1.82, 2.24) is 15.2 Å². The Kier molecular flexibility index (Phi) is 7.21. The van der Waals surface area contributed by atoms with E-state index < -0.39 is 0 Å². The molecule has 0 atom stereocenters. The van der Waals surface area contributed by atoms with Crippen molar-refractivity contribution in [3.8, 4) is 28.1 Å². The third-order valence-electron chi connectivity index (χ3n) is 6.44. The number of amides is 1. The van der Waals surface area contributed by atoms with Crippen LogP contribution in [0.3, 0.4) is 0 Å². The van der Waals surface area contributed by atoms with Gasteiger partial charge in [-0.3, -0.25) is 9.69 Å². The second-order valence-electron chi connectivity index (χ2n) is 8.70. The van der Waals surface area contributed by atoms with Gasteiger partial charge in [0.2, 0.25) is 0 Å². The van der Waals surface area contributed by atoms with Crippen molar-refractivity contribution in [3.05, 3.63) is 84.2 Å². The zero-order chi connectivity index (χ0) is 24.9. The molecule has 4 aromatic rings. The lowest BCUT2D eigenvalue weighted by Crippen LogP contribution is -2.41. The van der Waals surface area contributed by atoms with E-state index in [2.05, 4.69) is 10.2 Å².